The lowest BCUT2D eigenvalue weighted by molar-refractivity contribution is -0.136. The van der Waals surface area contributed by atoms with Gasteiger partial charge in [-0.1, -0.05) is 54.6 Å². The highest BCUT2D eigenvalue weighted by molar-refractivity contribution is 5.70. The third-order valence-corrected chi connectivity index (χ3v) is 6.21. The van der Waals surface area contributed by atoms with Crippen molar-refractivity contribution in [3.05, 3.63) is 100 Å². The standard InChI is InChI=1S/C27H26FN3O2/c28-26-18(8-4-9-20(26)15-25(32)33)12-13-30-27(19-6-2-1-3-7-19)22-14-23-21(16-29)10-5-11-24(23)31-17-22/h1-11,22,27,30-31H,12-15,17H2,(H,32,33)/t22-,27-/m1/s1. The summed E-state index contributed by atoms with van der Waals surface area (Å²) >= 11 is 0. The number of hydrogen-bond donors (Lipinski definition) is 3. The van der Waals surface area contributed by atoms with Gasteiger partial charge in [0.1, 0.15) is 5.82 Å². The number of nitrogens with zero attached hydrogens (tertiary/aromatic N) is 1. The molecule has 1 aliphatic heterocycles. The van der Waals surface area contributed by atoms with Gasteiger partial charge in [-0.2, -0.15) is 5.26 Å². The van der Waals surface area contributed by atoms with Crippen LogP contribution in [0.5, 0.6) is 0 Å². The Kier molecular flexibility index (Phi) is 7.01. The number of aliphatic carboxylic acids is 1. The molecule has 1 heterocycles. The minimum Gasteiger partial charge on any atom is -0.481 e. The molecule has 0 spiro atoms. The first kappa shape index (κ1) is 22.5. The van der Waals surface area contributed by atoms with Crippen molar-refractivity contribution in [3.63, 3.8) is 0 Å². The van der Waals surface area contributed by atoms with Crippen molar-refractivity contribution < 1.29 is 14.3 Å². The molecule has 3 aromatic carbocycles. The first-order valence-corrected chi connectivity index (χ1v) is 11.1. The van der Waals surface area contributed by atoms with Crippen molar-refractivity contribution in [1.29, 1.82) is 5.26 Å². The van der Waals surface area contributed by atoms with Crippen LogP contribution in [0, 0.1) is 23.1 Å². The predicted molar refractivity (Wildman–Crippen MR) is 125 cm³/mol. The van der Waals surface area contributed by atoms with Crippen molar-refractivity contribution in [2.75, 3.05) is 18.4 Å². The molecule has 0 fully saturated rings. The molecule has 0 amide bonds. The molecule has 0 aromatic heterocycles. The number of nitriles is 1. The van der Waals surface area contributed by atoms with Crippen LogP contribution in [0.2, 0.25) is 0 Å². The Morgan fingerprint density at radius 2 is 1.88 bits per heavy atom. The molecule has 0 radical (unpaired) electrons. The molecule has 0 unspecified atom stereocenters. The highest BCUT2D eigenvalue weighted by atomic mass is 19.1. The average Bonchev–Trinajstić information content (AvgIpc) is 2.83. The SMILES string of the molecule is N#Cc1cccc2c1C[C@@H]([C@H](NCCc1cccc(CC(=O)O)c1F)c1ccccc1)CN2. The third kappa shape index (κ3) is 5.21. The van der Waals surface area contributed by atoms with Crippen LogP contribution in [0.15, 0.2) is 66.7 Å². The lowest BCUT2D eigenvalue weighted by Gasteiger charge is -2.34. The molecule has 0 bridgehead atoms. The summed E-state index contributed by atoms with van der Waals surface area (Å²) in [5.41, 5.74) is 4.58. The Balaban J connectivity index is 1.52. The molecule has 168 valence electrons. The Hall–Kier alpha value is -3.69. The van der Waals surface area contributed by atoms with Crippen LogP contribution in [0.4, 0.5) is 10.1 Å². The van der Waals surface area contributed by atoms with Gasteiger partial charge in [0, 0.05) is 18.3 Å². The summed E-state index contributed by atoms with van der Waals surface area (Å²) in [7, 11) is 0. The minimum atomic E-state index is -1.05. The summed E-state index contributed by atoms with van der Waals surface area (Å²) in [5.74, 6) is -1.28. The summed E-state index contributed by atoms with van der Waals surface area (Å²) in [6.07, 6.45) is 0.887. The van der Waals surface area contributed by atoms with Gasteiger partial charge < -0.3 is 15.7 Å². The van der Waals surface area contributed by atoms with Crippen LogP contribution in [0.1, 0.15) is 33.9 Å². The van der Waals surface area contributed by atoms with Crippen molar-refractivity contribution in [2.24, 2.45) is 5.92 Å². The lowest BCUT2D eigenvalue weighted by atomic mass is 9.83. The molecule has 33 heavy (non-hydrogen) atoms. The Bertz CT molecular complexity index is 1170. The predicted octanol–water partition coefficient (Wildman–Crippen LogP) is 4.48. The highest BCUT2D eigenvalue weighted by Crippen LogP contribution is 2.34. The molecule has 2 atom stereocenters. The van der Waals surface area contributed by atoms with E-state index < -0.39 is 11.8 Å². The van der Waals surface area contributed by atoms with E-state index in [1.165, 1.54) is 6.07 Å². The lowest BCUT2D eigenvalue weighted by Crippen LogP contribution is -2.37. The van der Waals surface area contributed by atoms with Crippen LogP contribution in [-0.4, -0.2) is 24.2 Å². The Morgan fingerprint density at radius 1 is 1.12 bits per heavy atom. The average molecular weight is 444 g/mol. The maximum Gasteiger partial charge on any atom is 0.307 e. The van der Waals surface area contributed by atoms with Gasteiger partial charge in [-0.3, -0.25) is 4.79 Å². The number of nitrogens with one attached hydrogen (secondary N) is 2. The fourth-order valence-corrected chi connectivity index (χ4v) is 4.59. The Morgan fingerprint density at radius 3 is 2.64 bits per heavy atom. The topological polar surface area (TPSA) is 85.2 Å². The fraction of sp³-hybridized carbons (Fsp3) is 0.259. The zero-order chi connectivity index (χ0) is 23.2. The zero-order valence-corrected chi connectivity index (χ0v) is 18.2. The molecular formula is C27H26FN3O2. The zero-order valence-electron chi connectivity index (χ0n) is 18.2. The van der Waals surface area contributed by atoms with E-state index in [-0.39, 0.29) is 23.9 Å². The minimum absolute atomic E-state index is 0.0175. The van der Waals surface area contributed by atoms with Gasteiger partial charge in [0.2, 0.25) is 0 Å². The molecule has 0 saturated carbocycles. The van der Waals surface area contributed by atoms with Gasteiger partial charge in [-0.25, -0.2) is 4.39 Å². The number of rotatable bonds is 8. The first-order valence-electron chi connectivity index (χ1n) is 11.1. The number of anilines is 1. The molecular weight excluding hydrogens is 417 g/mol. The van der Waals surface area contributed by atoms with Gasteiger partial charge in [0.25, 0.3) is 0 Å². The van der Waals surface area contributed by atoms with Gasteiger partial charge in [-0.15, -0.1) is 0 Å². The summed E-state index contributed by atoms with van der Waals surface area (Å²) in [6, 6.07) is 23.1. The number of carboxylic acids is 1. The summed E-state index contributed by atoms with van der Waals surface area (Å²) in [6.45, 7) is 1.30. The van der Waals surface area contributed by atoms with E-state index in [2.05, 4.69) is 28.8 Å². The van der Waals surface area contributed by atoms with E-state index in [1.807, 2.05) is 36.4 Å². The largest absolute Gasteiger partial charge is 0.481 e. The van der Waals surface area contributed by atoms with Crippen LogP contribution >= 0.6 is 0 Å². The first-order chi connectivity index (χ1) is 16.1. The second kappa shape index (κ2) is 10.3. The maximum absolute atomic E-state index is 14.8. The van der Waals surface area contributed by atoms with Gasteiger partial charge >= 0.3 is 5.97 Å². The molecule has 6 heteroatoms. The van der Waals surface area contributed by atoms with Crippen molar-refractivity contribution in [3.8, 4) is 6.07 Å². The van der Waals surface area contributed by atoms with Crippen LogP contribution in [0.25, 0.3) is 0 Å². The van der Waals surface area contributed by atoms with E-state index >= 15 is 0 Å². The number of halogens is 1. The molecule has 3 aromatic rings. The highest BCUT2D eigenvalue weighted by Gasteiger charge is 2.28. The summed E-state index contributed by atoms with van der Waals surface area (Å²) in [5, 5.41) is 25.6. The van der Waals surface area contributed by atoms with E-state index in [0.29, 0.717) is 24.1 Å². The number of fused-ring (bicyclic) bond motifs is 1. The quantitative estimate of drug-likeness (QED) is 0.478. The third-order valence-electron chi connectivity index (χ3n) is 6.21. The molecule has 1 aliphatic rings. The van der Waals surface area contributed by atoms with Crippen molar-refractivity contribution in [1.82, 2.24) is 5.32 Å². The smallest absolute Gasteiger partial charge is 0.307 e. The second-order valence-electron chi connectivity index (χ2n) is 8.34. The summed E-state index contributed by atoms with van der Waals surface area (Å²) < 4.78 is 14.8. The van der Waals surface area contributed by atoms with Crippen LogP contribution < -0.4 is 10.6 Å². The number of carbonyl (C=O) groups is 1. The molecule has 3 N–H and O–H groups in total. The Labute approximate surface area is 192 Å². The number of benzene rings is 3. The monoisotopic (exact) mass is 443 g/mol. The van der Waals surface area contributed by atoms with Crippen LogP contribution in [0.3, 0.4) is 0 Å². The van der Waals surface area contributed by atoms with E-state index in [9.17, 15) is 14.4 Å². The molecule has 0 saturated heterocycles. The molecule has 0 aliphatic carbocycles. The van der Waals surface area contributed by atoms with Gasteiger partial charge in [0.05, 0.1) is 18.1 Å². The number of carboxylic acid groups (broad SMARTS) is 1. The van der Waals surface area contributed by atoms with Crippen molar-refractivity contribution >= 4 is 11.7 Å². The molecule has 5 nitrogen and oxygen atoms in total. The van der Waals surface area contributed by atoms with Gasteiger partial charge in [-0.05, 0) is 59.7 Å². The van der Waals surface area contributed by atoms with Gasteiger partial charge in [0.15, 0.2) is 0 Å². The molecule has 4 rings (SSSR count). The second-order valence-corrected chi connectivity index (χ2v) is 8.34. The van der Waals surface area contributed by atoms with E-state index in [1.54, 1.807) is 12.1 Å². The van der Waals surface area contributed by atoms with E-state index in [0.717, 1.165) is 29.8 Å². The summed E-state index contributed by atoms with van der Waals surface area (Å²) in [4.78, 5) is 11.0. The van der Waals surface area contributed by atoms with Crippen LogP contribution in [-0.2, 0) is 24.1 Å². The fourth-order valence-electron chi connectivity index (χ4n) is 4.59. The maximum atomic E-state index is 14.8. The van der Waals surface area contributed by atoms with E-state index in [4.69, 9.17) is 5.11 Å². The van der Waals surface area contributed by atoms with Crippen molar-refractivity contribution in [2.45, 2.75) is 25.3 Å². The normalized spacial score (nSPS) is 15.7. The number of hydrogen-bond acceptors (Lipinski definition) is 4.